The van der Waals surface area contributed by atoms with Gasteiger partial charge in [0.15, 0.2) is 11.5 Å². The molecule has 0 aliphatic carbocycles. The quantitative estimate of drug-likeness (QED) is 0.541. The highest BCUT2D eigenvalue weighted by Crippen LogP contribution is 2.31. The number of methoxy groups -OCH3 is 2. The average Bonchev–Trinajstić information content (AvgIpc) is 3.27. The fourth-order valence-electron chi connectivity index (χ4n) is 3.69. The Labute approximate surface area is 183 Å². The van der Waals surface area contributed by atoms with Gasteiger partial charge in [-0.3, -0.25) is 9.69 Å². The van der Waals surface area contributed by atoms with Crippen LogP contribution in [0, 0.1) is 5.92 Å². The van der Waals surface area contributed by atoms with E-state index in [9.17, 15) is 4.79 Å². The average molecular weight is 433 g/mol. The molecule has 1 atom stereocenters. The van der Waals surface area contributed by atoms with Crippen LogP contribution in [-0.4, -0.2) is 68.0 Å². The number of carbonyl (C=O) groups excluding carboxylic acids is 1. The summed E-state index contributed by atoms with van der Waals surface area (Å²) < 4.78 is 21.4. The Balaban J connectivity index is 1.53. The van der Waals surface area contributed by atoms with E-state index in [0.717, 1.165) is 31.4 Å². The van der Waals surface area contributed by atoms with Crippen LogP contribution in [-0.2, 0) is 16.1 Å². The summed E-state index contributed by atoms with van der Waals surface area (Å²) in [4.78, 5) is 19.2. The predicted molar refractivity (Wildman–Crippen MR) is 115 cm³/mol. The molecule has 1 aliphatic heterocycles. The number of likely N-dealkylation sites (tertiary alicyclic amines) is 1. The van der Waals surface area contributed by atoms with Crippen molar-refractivity contribution in [2.75, 3.05) is 47.1 Å². The molecule has 2 heterocycles. The highest BCUT2D eigenvalue weighted by Gasteiger charge is 2.26. The summed E-state index contributed by atoms with van der Waals surface area (Å²) in [7, 11) is 3.18. The van der Waals surface area contributed by atoms with E-state index in [2.05, 4.69) is 20.4 Å². The zero-order valence-electron chi connectivity index (χ0n) is 18.6. The van der Waals surface area contributed by atoms with Crippen molar-refractivity contribution in [3.63, 3.8) is 0 Å². The number of carbonyl (C=O) groups is 1. The van der Waals surface area contributed by atoms with Crippen LogP contribution in [0.5, 0.6) is 11.5 Å². The smallest absolute Gasteiger partial charge is 0.241 e. The molecule has 0 spiro atoms. The summed E-state index contributed by atoms with van der Waals surface area (Å²) in [6, 6.07) is 5.50. The van der Waals surface area contributed by atoms with Gasteiger partial charge in [-0.25, -0.2) is 0 Å². The Morgan fingerprint density at radius 1 is 1.29 bits per heavy atom. The molecular formula is C22H32N4O5. The first-order valence-corrected chi connectivity index (χ1v) is 10.8. The Hall–Kier alpha value is -2.65. The molecule has 0 radical (unpaired) electrons. The number of nitrogens with zero attached hydrogens (tertiary/aromatic N) is 3. The first kappa shape index (κ1) is 23.0. The van der Waals surface area contributed by atoms with E-state index >= 15 is 0 Å². The van der Waals surface area contributed by atoms with Crippen LogP contribution in [0.1, 0.15) is 32.1 Å². The van der Waals surface area contributed by atoms with E-state index in [1.807, 2.05) is 25.1 Å². The molecule has 3 rings (SSSR count). The molecule has 0 bridgehead atoms. The summed E-state index contributed by atoms with van der Waals surface area (Å²) >= 11 is 0. The second kappa shape index (κ2) is 11.7. The maximum absolute atomic E-state index is 12.5. The number of hydrogen-bond donors (Lipinski definition) is 1. The monoisotopic (exact) mass is 432 g/mol. The first-order chi connectivity index (χ1) is 15.1. The number of benzene rings is 1. The Morgan fingerprint density at radius 2 is 2.13 bits per heavy atom. The van der Waals surface area contributed by atoms with Gasteiger partial charge in [0.2, 0.25) is 17.6 Å². The van der Waals surface area contributed by atoms with Crippen molar-refractivity contribution < 1.29 is 23.5 Å². The molecule has 1 aromatic heterocycles. The molecule has 1 aliphatic rings. The van der Waals surface area contributed by atoms with Crippen molar-refractivity contribution in [3.8, 4) is 22.9 Å². The zero-order valence-corrected chi connectivity index (χ0v) is 18.6. The molecule has 9 nitrogen and oxygen atoms in total. The molecule has 2 aromatic rings. The van der Waals surface area contributed by atoms with Crippen LogP contribution in [0.15, 0.2) is 22.7 Å². The fourth-order valence-corrected chi connectivity index (χ4v) is 3.69. The molecule has 1 N–H and O–H groups in total. The van der Waals surface area contributed by atoms with Gasteiger partial charge in [0.1, 0.15) is 0 Å². The zero-order chi connectivity index (χ0) is 22.1. The van der Waals surface area contributed by atoms with Crippen molar-refractivity contribution >= 4 is 5.91 Å². The van der Waals surface area contributed by atoms with Gasteiger partial charge in [0, 0.05) is 31.9 Å². The molecule has 31 heavy (non-hydrogen) atoms. The minimum Gasteiger partial charge on any atom is -0.493 e. The number of ether oxygens (including phenoxy) is 3. The first-order valence-electron chi connectivity index (χ1n) is 10.8. The van der Waals surface area contributed by atoms with Gasteiger partial charge >= 0.3 is 0 Å². The number of rotatable bonds is 11. The Morgan fingerprint density at radius 3 is 2.90 bits per heavy atom. The Bertz CT molecular complexity index is 841. The minimum absolute atomic E-state index is 0.0194. The topological polar surface area (TPSA) is 99.0 Å². The number of amides is 1. The molecule has 1 unspecified atom stereocenters. The normalized spacial score (nSPS) is 16.8. The van der Waals surface area contributed by atoms with Crippen molar-refractivity contribution in [1.82, 2.24) is 20.4 Å². The van der Waals surface area contributed by atoms with E-state index < -0.39 is 0 Å². The van der Waals surface area contributed by atoms with Crippen LogP contribution in [0.25, 0.3) is 11.4 Å². The van der Waals surface area contributed by atoms with Crippen molar-refractivity contribution in [2.24, 2.45) is 5.92 Å². The molecule has 9 heteroatoms. The summed E-state index contributed by atoms with van der Waals surface area (Å²) in [6.07, 6.45) is 2.69. The fraction of sp³-hybridized carbons (Fsp3) is 0.591. The summed E-state index contributed by atoms with van der Waals surface area (Å²) in [5, 5.41) is 7.12. The molecule has 1 saturated heterocycles. The Kier molecular flexibility index (Phi) is 8.66. The highest BCUT2D eigenvalue weighted by atomic mass is 16.5. The number of hydrogen-bond acceptors (Lipinski definition) is 8. The molecule has 1 fully saturated rings. The predicted octanol–water partition coefficient (Wildman–Crippen LogP) is 2.51. The second-order valence-corrected chi connectivity index (χ2v) is 7.50. The molecule has 1 amide bonds. The lowest BCUT2D eigenvalue weighted by Gasteiger charge is -2.30. The largest absolute Gasteiger partial charge is 0.493 e. The van der Waals surface area contributed by atoms with Gasteiger partial charge < -0.3 is 24.1 Å². The molecule has 1 aromatic carbocycles. The van der Waals surface area contributed by atoms with Crippen LogP contribution in [0.2, 0.25) is 0 Å². The van der Waals surface area contributed by atoms with Crippen molar-refractivity contribution in [2.45, 2.75) is 32.7 Å². The van der Waals surface area contributed by atoms with Crippen LogP contribution < -0.4 is 14.8 Å². The van der Waals surface area contributed by atoms with Gasteiger partial charge in [-0.05, 0) is 50.9 Å². The maximum Gasteiger partial charge on any atom is 0.241 e. The van der Waals surface area contributed by atoms with Crippen molar-refractivity contribution in [3.05, 3.63) is 24.1 Å². The standard InChI is InChI=1S/C22H32N4O5/c1-4-30-12-6-10-23-22(27)17-7-5-11-26(14-17)15-20-24-21(25-31-20)16-8-9-18(28-2)19(13-16)29-3/h8-9,13,17H,4-7,10-12,14-15H2,1-3H3,(H,23,27). The summed E-state index contributed by atoms with van der Waals surface area (Å²) in [5.74, 6) is 2.37. The molecule has 170 valence electrons. The van der Waals surface area contributed by atoms with Crippen LogP contribution in [0.3, 0.4) is 0 Å². The van der Waals surface area contributed by atoms with E-state index in [-0.39, 0.29) is 11.8 Å². The van der Waals surface area contributed by atoms with Gasteiger partial charge in [0.05, 0.1) is 26.7 Å². The molecule has 0 saturated carbocycles. The van der Waals surface area contributed by atoms with Gasteiger partial charge in [-0.1, -0.05) is 5.16 Å². The number of aromatic nitrogens is 2. The van der Waals surface area contributed by atoms with E-state index in [0.29, 0.717) is 56.1 Å². The van der Waals surface area contributed by atoms with Gasteiger partial charge in [-0.15, -0.1) is 0 Å². The third-order valence-electron chi connectivity index (χ3n) is 5.31. The third-order valence-corrected chi connectivity index (χ3v) is 5.31. The summed E-state index contributed by atoms with van der Waals surface area (Å²) in [6.45, 7) is 6.10. The van der Waals surface area contributed by atoms with Crippen LogP contribution >= 0.6 is 0 Å². The van der Waals surface area contributed by atoms with E-state index in [4.69, 9.17) is 18.7 Å². The maximum atomic E-state index is 12.5. The lowest BCUT2D eigenvalue weighted by Crippen LogP contribution is -2.43. The number of piperidine rings is 1. The third kappa shape index (κ3) is 6.41. The van der Waals surface area contributed by atoms with Crippen molar-refractivity contribution in [1.29, 1.82) is 0 Å². The lowest BCUT2D eigenvalue weighted by atomic mass is 9.97. The molecular weight excluding hydrogens is 400 g/mol. The number of nitrogens with one attached hydrogen (secondary N) is 1. The van der Waals surface area contributed by atoms with Gasteiger partial charge in [0.25, 0.3) is 0 Å². The summed E-state index contributed by atoms with van der Waals surface area (Å²) in [5.41, 5.74) is 0.788. The lowest BCUT2D eigenvalue weighted by molar-refractivity contribution is -0.126. The van der Waals surface area contributed by atoms with E-state index in [1.54, 1.807) is 14.2 Å². The second-order valence-electron chi connectivity index (χ2n) is 7.50. The van der Waals surface area contributed by atoms with Crippen LogP contribution in [0.4, 0.5) is 0 Å². The highest BCUT2D eigenvalue weighted by molar-refractivity contribution is 5.78. The SMILES string of the molecule is CCOCCCNC(=O)C1CCCN(Cc2nc(-c3ccc(OC)c(OC)c3)no2)C1. The van der Waals surface area contributed by atoms with Gasteiger partial charge in [-0.2, -0.15) is 4.98 Å². The minimum atomic E-state index is -0.0194. The van der Waals surface area contributed by atoms with E-state index in [1.165, 1.54) is 0 Å².